The standard InChI is InChI=1S/C13H10N4O2S.Al/c18-8-5-16-10-6(17-8)1-2-7-9(10)11-12(20-7)13(19)15-4-3-14-11;/h1-2,5,14H,3-4H2,(H,15,19)(H,17,18);/q;+1/p-1. The molecule has 0 bridgehead atoms. The second kappa shape index (κ2) is 4.84. The normalized spacial score (nSPS) is 14.4. The van der Waals surface area contributed by atoms with E-state index in [0.717, 1.165) is 26.8 Å². The molecule has 1 aliphatic rings. The molecule has 2 aromatic heterocycles. The van der Waals surface area contributed by atoms with Crippen LogP contribution in [0.5, 0.6) is 5.88 Å². The number of carbonyl (C=O) groups is 1. The van der Waals surface area contributed by atoms with E-state index in [1.165, 1.54) is 11.3 Å². The minimum atomic E-state index is -0.0396. The van der Waals surface area contributed by atoms with Crippen LogP contribution in [-0.4, -0.2) is 45.6 Å². The summed E-state index contributed by atoms with van der Waals surface area (Å²) in [6.07, 6.45) is 1.58. The maximum atomic E-state index is 12.1. The molecule has 0 spiro atoms. The van der Waals surface area contributed by atoms with E-state index < -0.39 is 0 Å². The summed E-state index contributed by atoms with van der Waals surface area (Å²) in [5, 5.41) is 7.15. The third-order valence-electron chi connectivity index (χ3n) is 3.38. The van der Waals surface area contributed by atoms with Gasteiger partial charge in [0.1, 0.15) is 4.88 Å². The van der Waals surface area contributed by atoms with Crippen LogP contribution in [0.1, 0.15) is 9.67 Å². The minimum Gasteiger partial charge on any atom is -0.639 e. The maximum absolute atomic E-state index is 12.1. The number of carbonyl (C=O) groups excluding carboxylic acids is 1. The van der Waals surface area contributed by atoms with E-state index in [9.17, 15) is 4.79 Å². The second-order valence-electron chi connectivity index (χ2n) is 4.62. The highest BCUT2D eigenvalue weighted by atomic mass is 32.1. The number of benzene rings is 1. The molecule has 2 N–H and O–H groups in total. The van der Waals surface area contributed by atoms with Crippen molar-refractivity contribution in [3.63, 3.8) is 0 Å². The van der Waals surface area contributed by atoms with Gasteiger partial charge < -0.3 is 14.4 Å². The first-order chi connectivity index (χ1) is 10.3. The maximum Gasteiger partial charge on any atom is 0.483 e. The molecule has 3 aromatic rings. The first kappa shape index (κ1) is 12.8. The van der Waals surface area contributed by atoms with Gasteiger partial charge in [-0.3, -0.25) is 4.79 Å². The van der Waals surface area contributed by atoms with Gasteiger partial charge in [-0.2, -0.15) is 0 Å². The zero-order chi connectivity index (χ0) is 14.4. The summed E-state index contributed by atoms with van der Waals surface area (Å²) in [5.41, 5.74) is 2.37. The number of hydrogen-bond donors (Lipinski definition) is 2. The van der Waals surface area contributed by atoms with Crippen molar-refractivity contribution in [2.75, 3.05) is 18.4 Å². The third kappa shape index (κ3) is 1.95. The van der Waals surface area contributed by atoms with Crippen LogP contribution < -0.4 is 14.4 Å². The first-order valence-electron chi connectivity index (χ1n) is 6.39. The lowest BCUT2D eigenvalue weighted by Crippen LogP contribution is -2.24. The van der Waals surface area contributed by atoms with Crippen molar-refractivity contribution in [3.05, 3.63) is 23.2 Å². The van der Waals surface area contributed by atoms with E-state index in [-0.39, 0.29) is 5.91 Å². The Hall–Kier alpha value is -1.88. The van der Waals surface area contributed by atoms with Gasteiger partial charge in [-0.1, -0.05) is 0 Å². The lowest BCUT2D eigenvalue weighted by molar-refractivity contribution is 0.0962. The van der Waals surface area contributed by atoms with Gasteiger partial charge in [-0.25, -0.2) is 9.97 Å². The average Bonchev–Trinajstić information content (AvgIpc) is 2.80. The molecule has 0 unspecified atom stereocenters. The molecule has 102 valence electrons. The summed E-state index contributed by atoms with van der Waals surface area (Å²) >= 11 is 3.63. The highest BCUT2D eigenvalue weighted by Gasteiger charge is 2.22. The number of anilines is 1. The van der Waals surface area contributed by atoms with Gasteiger partial charge in [0.2, 0.25) is 0 Å². The fourth-order valence-electron chi connectivity index (χ4n) is 2.48. The predicted molar refractivity (Wildman–Crippen MR) is 82.1 cm³/mol. The van der Waals surface area contributed by atoms with E-state index in [2.05, 4.69) is 37.2 Å². The number of rotatable bonds is 1. The Balaban J connectivity index is 2.08. The van der Waals surface area contributed by atoms with Gasteiger partial charge in [-0.05, 0) is 12.1 Å². The lowest BCUT2D eigenvalue weighted by Gasteiger charge is -2.06. The zero-order valence-electron chi connectivity index (χ0n) is 10.8. The van der Waals surface area contributed by atoms with Crippen LogP contribution in [0.15, 0.2) is 18.3 Å². The summed E-state index contributed by atoms with van der Waals surface area (Å²) in [4.78, 5) is 21.6. The fourth-order valence-corrected chi connectivity index (χ4v) is 3.69. The highest BCUT2D eigenvalue weighted by molar-refractivity contribution is 7.21. The molecule has 0 aliphatic carbocycles. The van der Waals surface area contributed by atoms with Crippen molar-refractivity contribution < 1.29 is 8.58 Å². The summed E-state index contributed by atoms with van der Waals surface area (Å²) in [6.45, 7) is 1.31. The van der Waals surface area contributed by atoms with Crippen LogP contribution in [0, 0.1) is 0 Å². The van der Waals surface area contributed by atoms with Crippen LogP contribution in [0.3, 0.4) is 0 Å². The molecule has 0 saturated carbocycles. The zero-order valence-corrected chi connectivity index (χ0v) is 12.8. The molecular formula is C13H9AlN4O2S. The highest BCUT2D eigenvalue weighted by Crippen LogP contribution is 2.39. The van der Waals surface area contributed by atoms with E-state index in [4.69, 9.17) is 3.79 Å². The Kier molecular flexibility index (Phi) is 2.96. The Morgan fingerprint density at radius 1 is 1.29 bits per heavy atom. The molecule has 1 aliphatic heterocycles. The van der Waals surface area contributed by atoms with Crippen molar-refractivity contribution >= 4 is 60.7 Å². The van der Waals surface area contributed by atoms with E-state index >= 15 is 0 Å². The summed E-state index contributed by atoms with van der Waals surface area (Å²) in [5.74, 6) is 0.404. The van der Waals surface area contributed by atoms with Gasteiger partial charge in [0.15, 0.2) is 5.88 Å². The number of aromatic nitrogens is 2. The Bertz CT molecular complexity index is 879. The lowest BCUT2D eigenvalue weighted by atomic mass is 10.1. The summed E-state index contributed by atoms with van der Waals surface area (Å²) in [7, 11) is 0. The van der Waals surface area contributed by atoms with Crippen LogP contribution in [0.4, 0.5) is 5.69 Å². The number of amides is 1. The van der Waals surface area contributed by atoms with Crippen molar-refractivity contribution in [2.45, 2.75) is 0 Å². The fraction of sp³-hybridized carbons (Fsp3) is 0.154. The molecule has 21 heavy (non-hydrogen) atoms. The molecule has 0 atom stereocenters. The number of fused-ring (bicyclic) bond motifs is 5. The van der Waals surface area contributed by atoms with E-state index in [1.54, 1.807) is 6.20 Å². The van der Waals surface area contributed by atoms with Crippen LogP contribution in [0.2, 0.25) is 0 Å². The van der Waals surface area contributed by atoms with Gasteiger partial charge >= 0.3 is 16.6 Å². The van der Waals surface area contributed by atoms with Crippen LogP contribution in [0.25, 0.3) is 21.1 Å². The molecular weight excluding hydrogens is 303 g/mol. The number of nitrogens with one attached hydrogen (secondary N) is 2. The molecule has 0 fully saturated rings. The molecule has 1 aromatic carbocycles. The molecule has 6 nitrogen and oxygen atoms in total. The number of nitrogens with zero attached hydrogens (tertiary/aromatic N) is 2. The van der Waals surface area contributed by atoms with Crippen LogP contribution in [-0.2, 0) is 0 Å². The van der Waals surface area contributed by atoms with Gasteiger partial charge in [0, 0.05) is 23.2 Å². The Morgan fingerprint density at radius 3 is 3.00 bits per heavy atom. The Morgan fingerprint density at radius 2 is 2.14 bits per heavy atom. The monoisotopic (exact) mass is 312 g/mol. The van der Waals surface area contributed by atoms with Gasteiger partial charge in [-0.15, -0.1) is 11.3 Å². The topological polar surface area (TPSA) is 76.1 Å². The molecule has 0 saturated heterocycles. The SMILES string of the molecule is O=C1NCCNc2c1sc1ccc3nc([O][Al])cnc3c21. The molecule has 2 radical (unpaired) electrons. The first-order valence-corrected chi connectivity index (χ1v) is 7.68. The largest absolute Gasteiger partial charge is 0.639 e. The van der Waals surface area contributed by atoms with E-state index in [1.807, 2.05) is 12.1 Å². The molecule has 8 heteroatoms. The summed E-state index contributed by atoms with van der Waals surface area (Å²) < 4.78 is 6.05. The minimum absolute atomic E-state index is 0.0396. The number of thiophene rings is 1. The smallest absolute Gasteiger partial charge is 0.483 e. The second-order valence-corrected chi connectivity index (χ2v) is 5.91. The van der Waals surface area contributed by atoms with Crippen molar-refractivity contribution in [3.8, 4) is 5.88 Å². The van der Waals surface area contributed by atoms with Crippen molar-refractivity contribution in [1.82, 2.24) is 15.3 Å². The molecule has 1 amide bonds. The van der Waals surface area contributed by atoms with Gasteiger partial charge in [0.25, 0.3) is 5.91 Å². The Labute approximate surface area is 132 Å². The average molecular weight is 312 g/mol. The van der Waals surface area contributed by atoms with E-state index in [0.29, 0.717) is 23.8 Å². The van der Waals surface area contributed by atoms with Gasteiger partial charge in [0.05, 0.1) is 22.9 Å². The predicted octanol–water partition coefficient (Wildman–Crippen LogP) is 1.46. The van der Waals surface area contributed by atoms with Crippen LogP contribution >= 0.6 is 11.3 Å². The van der Waals surface area contributed by atoms with Crippen molar-refractivity contribution in [2.24, 2.45) is 0 Å². The quantitative estimate of drug-likeness (QED) is 0.665. The van der Waals surface area contributed by atoms with Crippen molar-refractivity contribution in [1.29, 1.82) is 0 Å². The molecule has 3 heterocycles. The number of hydrogen-bond acceptors (Lipinski definition) is 6. The summed E-state index contributed by atoms with van der Waals surface area (Å²) in [6, 6.07) is 3.86. The third-order valence-corrected chi connectivity index (χ3v) is 4.78. The molecule has 4 rings (SSSR count).